The van der Waals surface area contributed by atoms with E-state index in [0.29, 0.717) is 46.6 Å². The van der Waals surface area contributed by atoms with E-state index in [1.165, 1.54) is 11.9 Å². The van der Waals surface area contributed by atoms with Crippen LogP contribution in [0.3, 0.4) is 0 Å². The Morgan fingerprint density at radius 2 is 1.86 bits per heavy atom. The molecule has 0 radical (unpaired) electrons. The number of sulfone groups is 1. The van der Waals surface area contributed by atoms with Gasteiger partial charge in [0, 0.05) is 31.5 Å². The molecule has 8 nitrogen and oxygen atoms in total. The highest BCUT2D eigenvalue weighted by molar-refractivity contribution is 7.91. The zero-order valence-corrected chi connectivity index (χ0v) is 21.3. The first-order valence-electron chi connectivity index (χ1n) is 11.7. The lowest BCUT2D eigenvalue weighted by Crippen LogP contribution is -2.58. The lowest BCUT2D eigenvalue weighted by molar-refractivity contribution is 0.00000739. The highest BCUT2D eigenvalue weighted by atomic mass is 35.5. The Hall–Kier alpha value is -3.19. The fraction of sp³-hybridized carbons (Fsp3) is 0.346. The van der Waals surface area contributed by atoms with Gasteiger partial charge >= 0.3 is 0 Å². The van der Waals surface area contributed by atoms with Gasteiger partial charge in [0.2, 0.25) is 5.88 Å². The van der Waals surface area contributed by atoms with Crippen LogP contribution < -0.4 is 10.1 Å². The second-order valence-corrected chi connectivity index (χ2v) is 12.0. The molecule has 0 spiro atoms. The van der Waals surface area contributed by atoms with Crippen molar-refractivity contribution >= 4 is 32.9 Å². The number of nitrogens with zero attached hydrogens (tertiary/aromatic N) is 4. The predicted octanol–water partition coefficient (Wildman–Crippen LogP) is 3.98. The van der Waals surface area contributed by atoms with Gasteiger partial charge < -0.3 is 10.1 Å². The number of rotatable bonds is 6. The predicted molar refractivity (Wildman–Crippen MR) is 138 cm³/mol. The van der Waals surface area contributed by atoms with Crippen LogP contribution in [0.4, 0.5) is 11.5 Å². The summed E-state index contributed by atoms with van der Waals surface area (Å²) in [6.07, 6.45) is 1.17. The van der Waals surface area contributed by atoms with Gasteiger partial charge in [-0.3, -0.25) is 4.90 Å². The van der Waals surface area contributed by atoms with Crippen molar-refractivity contribution in [2.45, 2.75) is 19.6 Å². The average molecular weight is 524 g/mol. The van der Waals surface area contributed by atoms with Crippen molar-refractivity contribution in [2.24, 2.45) is 11.8 Å². The van der Waals surface area contributed by atoms with E-state index in [1.807, 2.05) is 25.1 Å². The molecule has 5 rings (SSSR count). The van der Waals surface area contributed by atoms with Gasteiger partial charge in [0.1, 0.15) is 18.2 Å². The molecule has 1 aromatic heterocycles. The maximum atomic E-state index is 12.6. The molecule has 2 aromatic carbocycles. The van der Waals surface area contributed by atoms with Gasteiger partial charge in [-0.1, -0.05) is 41.9 Å². The molecule has 0 amide bonds. The van der Waals surface area contributed by atoms with E-state index in [2.05, 4.69) is 38.4 Å². The SMILES string of the molecule is Cc1c(Nc2ccc(C#N)cc2Cl)ncnc1OC1C2CN(Cc3ccccc3)CC1CS(=O)(=O)C2. The fourth-order valence-electron chi connectivity index (χ4n) is 5.13. The lowest BCUT2D eigenvalue weighted by Gasteiger charge is -2.46. The average Bonchev–Trinajstić information content (AvgIpc) is 2.83. The summed E-state index contributed by atoms with van der Waals surface area (Å²) in [5, 5.41) is 12.7. The Morgan fingerprint density at radius 3 is 2.53 bits per heavy atom. The molecule has 2 bridgehead atoms. The number of hydrogen-bond donors (Lipinski definition) is 1. The van der Waals surface area contributed by atoms with Crippen molar-refractivity contribution in [3.8, 4) is 11.9 Å². The van der Waals surface area contributed by atoms with Crippen molar-refractivity contribution in [3.63, 3.8) is 0 Å². The number of piperidine rings is 1. The third kappa shape index (κ3) is 5.31. The molecule has 36 heavy (non-hydrogen) atoms. The monoisotopic (exact) mass is 523 g/mol. The van der Waals surface area contributed by atoms with E-state index in [0.717, 1.165) is 6.54 Å². The van der Waals surface area contributed by atoms with Crippen molar-refractivity contribution in [2.75, 3.05) is 29.9 Å². The highest BCUT2D eigenvalue weighted by Gasteiger charge is 2.47. The topological polar surface area (TPSA) is 108 Å². The minimum absolute atomic E-state index is 0.107. The summed E-state index contributed by atoms with van der Waals surface area (Å²) < 4.78 is 31.6. The highest BCUT2D eigenvalue weighted by Crippen LogP contribution is 2.36. The molecule has 2 aliphatic heterocycles. The van der Waals surface area contributed by atoms with Crippen LogP contribution in [0.15, 0.2) is 54.9 Å². The molecule has 186 valence electrons. The first-order valence-corrected chi connectivity index (χ1v) is 13.9. The molecule has 0 aliphatic carbocycles. The van der Waals surface area contributed by atoms with E-state index in [1.54, 1.807) is 18.2 Å². The summed E-state index contributed by atoms with van der Waals surface area (Å²) in [5.74, 6) is 0.874. The third-order valence-corrected chi connectivity index (χ3v) is 8.92. The molecule has 3 aromatic rings. The molecule has 10 heteroatoms. The fourth-order valence-corrected chi connectivity index (χ4v) is 7.39. The molecule has 0 saturated carbocycles. The van der Waals surface area contributed by atoms with Gasteiger partial charge in [-0.25, -0.2) is 18.4 Å². The summed E-state index contributed by atoms with van der Waals surface area (Å²) in [5.41, 5.74) is 2.99. The van der Waals surface area contributed by atoms with Gasteiger partial charge in [-0.2, -0.15) is 5.26 Å². The van der Waals surface area contributed by atoms with Gasteiger partial charge in [0.15, 0.2) is 9.84 Å². The van der Waals surface area contributed by atoms with Crippen molar-refractivity contribution in [1.82, 2.24) is 14.9 Å². The van der Waals surface area contributed by atoms with Gasteiger partial charge in [-0.15, -0.1) is 0 Å². The molecule has 2 atom stereocenters. The van der Waals surface area contributed by atoms with Crippen LogP contribution in [0, 0.1) is 30.1 Å². The summed E-state index contributed by atoms with van der Waals surface area (Å²) in [4.78, 5) is 11.0. The number of nitrogens with one attached hydrogen (secondary N) is 1. The molecule has 2 aliphatic rings. The van der Waals surface area contributed by atoms with Crippen LogP contribution in [0.25, 0.3) is 0 Å². The second-order valence-electron chi connectivity index (χ2n) is 9.44. The lowest BCUT2D eigenvalue weighted by atomic mass is 9.87. The van der Waals surface area contributed by atoms with Crippen molar-refractivity contribution in [3.05, 3.63) is 76.6 Å². The summed E-state index contributed by atoms with van der Waals surface area (Å²) in [6, 6.07) is 17.3. The Balaban J connectivity index is 1.35. The zero-order valence-electron chi connectivity index (χ0n) is 19.8. The van der Waals surface area contributed by atoms with E-state index in [4.69, 9.17) is 21.6 Å². The Labute approximate surface area is 215 Å². The largest absolute Gasteiger partial charge is 0.473 e. The quantitative estimate of drug-likeness (QED) is 0.517. The van der Waals surface area contributed by atoms with Crippen LogP contribution in [0.1, 0.15) is 16.7 Å². The Bertz CT molecular complexity index is 1390. The number of benzene rings is 2. The zero-order chi connectivity index (χ0) is 25.3. The van der Waals surface area contributed by atoms with Crippen molar-refractivity contribution in [1.29, 1.82) is 5.26 Å². The van der Waals surface area contributed by atoms with Crippen LogP contribution in [0.5, 0.6) is 5.88 Å². The molecular formula is C26H26ClN5O3S. The van der Waals surface area contributed by atoms with E-state index in [-0.39, 0.29) is 29.4 Å². The number of fused-ring (bicyclic) bond motifs is 2. The molecule has 2 fully saturated rings. The number of hydrogen-bond acceptors (Lipinski definition) is 8. The van der Waals surface area contributed by atoms with Crippen LogP contribution >= 0.6 is 11.6 Å². The summed E-state index contributed by atoms with van der Waals surface area (Å²) in [6.45, 7) is 3.93. The first kappa shape index (κ1) is 24.5. The first-order chi connectivity index (χ1) is 17.3. The minimum atomic E-state index is -3.12. The third-order valence-electron chi connectivity index (χ3n) is 6.74. The minimum Gasteiger partial charge on any atom is -0.473 e. The molecule has 1 N–H and O–H groups in total. The van der Waals surface area contributed by atoms with Crippen LogP contribution in [-0.4, -0.2) is 54.0 Å². The van der Waals surface area contributed by atoms with Gasteiger partial charge in [0.25, 0.3) is 0 Å². The smallest absolute Gasteiger partial charge is 0.221 e. The number of aromatic nitrogens is 2. The standard InChI is InChI=1S/C26H26ClN5O3S/c1-17-25(31-23-8-7-19(10-28)9-22(23)27)29-16-30-26(17)35-24-20-12-32(11-18-5-3-2-4-6-18)13-21(24)15-36(33,34)14-20/h2-9,16,20-21,24H,11-15H2,1H3,(H,29,30,31). The van der Waals surface area contributed by atoms with Crippen molar-refractivity contribution < 1.29 is 13.2 Å². The molecule has 2 unspecified atom stereocenters. The number of halogens is 1. The number of likely N-dealkylation sites (tertiary alicyclic amines) is 1. The number of ether oxygens (including phenoxy) is 1. The molecular weight excluding hydrogens is 498 g/mol. The number of nitriles is 1. The molecule has 2 saturated heterocycles. The second kappa shape index (κ2) is 10.1. The normalized spacial score (nSPS) is 23.0. The maximum absolute atomic E-state index is 12.6. The van der Waals surface area contributed by atoms with Crippen LogP contribution in [0.2, 0.25) is 5.02 Å². The van der Waals surface area contributed by atoms with Gasteiger partial charge in [0.05, 0.1) is 39.4 Å². The summed E-state index contributed by atoms with van der Waals surface area (Å²) >= 11 is 6.32. The maximum Gasteiger partial charge on any atom is 0.221 e. The molecule has 3 heterocycles. The van der Waals surface area contributed by atoms with E-state index >= 15 is 0 Å². The van der Waals surface area contributed by atoms with E-state index < -0.39 is 9.84 Å². The van der Waals surface area contributed by atoms with Gasteiger partial charge in [-0.05, 0) is 30.7 Å². The van der Waals surface area contributed by atoms with E-state index in [9.17, 15) is 8.42 Å². The number of anilines is 2. The summed E-state index contributed by atoms with van der Waals surface area (Å²) in [7, 11) is -3.12. The van der Waals surface area contributed by atoms with Crippen LogP contribution in [-0.2, 0) is 16.4 Å². The Morgan fingerprint density at radius 1 is 1.14 bits per heavy atom. The Kier molecular flexibility index (Phi) is 6.84.